The Balaban J connectivity index is 2.59. The van der Waals surface area contributed by atoms with Crippen LogP contribution in [0.3, 0.4) is 0 Å². The predicted molar refractivity (Wildman–Crippen MR) is 48.2 cm³/mol. The molecule has 0 atom stereocenters. The first-order valence-corrected chi connectivity index (χ1v) is 3.88. The summed E-state index contributed by atoms with van der Waals surface area (Å²) >= 11 is 0. The highest BCUT2D eigenvalue weighted by molar-refractivity contribution is 5.84. The average Bonchev–Trinajstić information content (AvgIpc) is 2.18. The minimum Gasteiger partial charge on any atom is -0.449 e. The van der Waals surface area contributed by atoms with Gasteiger partial charge in [-0.05, 0) is 12.1 Å². The first kappa shape index (κ1) is 8.43. The topological polar surface area (TPSA) is 72.3 Å². The SMILES string of the molecule is O=C(O)Oc1ncnc2ccccc12. The second-order valence-corrected chi connectivity index (χ2v) is 2.56. The lowest BCUT2D eigenvalue weighted by Crippen LogP contribution is -2.05. The largest absolute Gasteiger partial charge is 0.512 e. The Labute approximate surface area is 79.0 Å². The Kier molecular flexibility index (Phi) is 1.98. The number of hydrogen-bond donors (Lipinski definition) is 1. The van der Waals surface area contributed by atoms with Crippen molar-refractivity contribution >= 4 is 17.1 Å². The Morgan fingerprint density at radius 1 is 1.29 bits per heavy atom. The first-order valence-electron chi connectivity index (χ1n) is 3.88. The molecule has 0 bridgehead atoms. The third-order valence-corrected chi connectivity index (χ3v) is 1.69. The fraction of sp³-hybridized carbons (Fsp3) is 0. The Morgan fingerprint density at radius 3 is 2.86 bits per heavy atom. The third kappa shape index (κ3) is 1.47. The number of rotatable bonds is 1. The summed E-state index contributed by atoms with van der Waals surface area (Å²) in [4.78, 5) is 18.0. The summed E-state index contributed by atoms with van der Waals surface area (Å²) in [5, 5.41) is 9.02. The van der Waals surface area contributed by atoms with Gasteiger partial charge in [0.25, 0.3) is 0 Å². The van der Waals surface area contributed by atoms with E-state index in [-0.39, 0.29) is 5.88 Å². The van der Waals surface area contributed by atoms with Gasteiger partial charge < -0.3 is 9.84 Å². The van der Waals surface area contributed by atoms with Crippen molar-refractivity contribution in [2.45, 2.75) is 0 Å². The second kappa shape index (κ2) is 3.29. The van der Waals surface area contributed by atoms with Crippen LogP contribution < -0.4 is 4.74 Å². The van der Waals surface area contributed by atoms with Crippen molar-refractivity contribution in [1.82, 2.24) is 9.97 Å². The Morgan fingerprint density at radius 2 is 2.07 bits per heavy atom. The molecule has 2 aromatic rings. The van der Waals surface area contributed by atoms with E-state index in [2.05, 4.69) is 14.7 Å². The number of hydrogen-bond acceptors (Lipinski definition) is 4. The first-order chi connectivity index (χ1) is 6.77. The van der Waals surface area contributed by atoms with Crippen LogP contribution in [-0.2, 0) is 0 Å². The number of ether oxygens (including phenoxy) is 1. The summed E-state index contributed by atoms with van der Waals surface area (Å²) in [6.07, 6.45) is -0.116. The molecule has 0 aliphatic heterocycles. The second-order valence-electron chi connectivity index (χ2n) is 2.56. The van der Waals surface area contributed by atoms with Gasteiger partial charge in [0.1, 0.15) is 6.33 Å². The van der Waals surface area contributed by atoms with E-state index in [1.54, 1.807) is 24.3 Å². The molecule has 0 unspecified atom stereocenters. The van der Waals surface area contributed by atoms with Crippen molar-refractivity contribution in [1.29, 1.82) is 0 Å². The predicted octanol–water partition coefficient (Wildman–Crippen LogP) is 1.69. The van der Waals surface area contributed by atoms with E-state index in [0.29, 0.717) is 10.9 Å². The van der Waals surface area contributed by atoms with Gasteiger partial charge in [-0.25, -0.2) is 14.8 Å². The van der Waals surface area contributed by atoms with Gasteiger partial charge >= 0.3 is 6.16 Å². The maximum absolute atomic E-state index is 10.3. The standard InChI is InChI=1S/C9H6N2O3/c12-9(13)14-8-6-3-1-2-4-7(6)10-5-11-8/h1-5H,(H,12,13). The highest BCUT2D eigenvalue weighted by atomic mass is 16.7. The molecule has 0 saturated heterocycles. The van der Waals surface area contributed by atoms with Gasteiger partial charge in [0.15, 0.2) is 0 Å². The van der Waals surface area contributed by atoms with E-state index in [0.717, 1.165) is 0 Å². The van der Waals surface area contributed by atoms with Crippen molar-refractivity contribution in [2.75, 3.05) is 0 Å². The van der Waals surface area contributed by atoms with E-state index in [1.807, 2.05) is 0 Å². The van der Waals surface area contributed by atoms with Gasteiger partial charge in [0.05, 0.1) is 10.9 Å². The van der Waals surface area contributed by atoms with Crippen LogP contribution in [0.1, 0.15) is 0 Å². The maximum Gasteiger partial charge on any atom is 0.512 e. The van der Waals surface area contributed by atoms with Crippen LogP contribution in [0.15, 0.2) is 30.6 Å². The van der Waals surface area contributed by atoms with Crippen molar-refractivity contribution in [3.05, 3.63) is 30.6 Å². The van der Waals surface area contributed by atoms with E-state index < -0.39 is 6.16 Å². The summed E-state index contributed by atoms with van der Waals surface area (Å²) in [6, 6.07) is 7.03. The van der Waals surface area contributed by atoms with E-state index in [9.17, 15) is 4.79 Å². The van der Waals surface area contributed by atoms with E-state index in [1.165, 1.54) is 6.33 Å². The van der Waals surface area contributed by atoms with E-state index in [4.69, 9.17) is 5.11 Å². The highest BCUT2D eigenvalue weighted by Gasteiger charge is 2.07. The van der Waals surface area contributed by atoms with Gasteiger partial charge in [-0.15, -0.1) is 0 Å². The van der Waals surface area contributed by atoms with Crippen LogP contribution in [0.25, 0.3) is 10.9 Å². The lowest BCUT2D eigenvalue weighted by molar-refractivity contribution is 0.143. The molecule has 0 fully saturated rings. The molecule has 0 aliphatic rings. The van der Waals surface area contributed by atoms with Gasteiger partial charge in [-0.2, -0.15) is 0 Å². The van der Waals surface area contributed by atoms with Crippen molar-refractivity contribution < 1.29 is 14.6 Å². The monoisotopic (exact) mass is 190 g/mol. The van der Waals surface area contributed by atoms with Crippen molar-refractivity contribution in [3.8, 4) is 5.88 Å². The van der Waals surface area contributed by atoms with Gasteiger partial charge in [0, 0.05) is 0 Å². The molecule has 0 aliphatic carbocycles. The molecular weight excluding hydrogens is 184 g/mol. The molecule has 5 heteroatoms. The molecule has 0 radical (unpaired) electrons. The zero-order valence-corrected chi connectivity index (χ0v) is 7.04. The van der Waals surface area contributed by atoms with Crippen molar-refractivity contribution in [3.63, 3.8) is 0 Å². The number of aromatic nitrogens is 2. The van der Waals surface area contributed by atoms with Crippen LogP contribution in [0, 0.1) is 0 Å². The quantitative estimate of drug-likeness (QED) is 0.692. The molecule has 0 spiro atoms. The molecule has 2 rings (SSSR count). The minimum atomic E-state index is -1.38. The molecule has 14 heavy (non-hydrogen) atoms. The van der Waals surface area contributed by atoms with Crippen LogP contribution in [0.5, 0.6) is 5.88 Å². The molecule has 1 aromatic carbocycles. The number of fused-ring (bicyclic) bond motifs is 1. The zero-order valence-electron chi connectivity index (χ0n) is 7.04. The Bertz CT molecular complexity index is 479. The van der Waals surface area contributed by atoms with Crippen molar-refractivity contribution in [2.24, 2.45) is 0 Å². The van der Waals surface area contributed by atoms with Crippen LogP contribution >= 0.6 is 0 Å². The molecule has 5 nitrogen and oxygen atoms in total. The smallest absolute Gasteiger partial charge is 0.449 e. The summed E-state index contributed by atoms with van der Waals surface area (Å²) in [7, 11) is 0. The molecule has 1 N–H and O–H groups in total. The number of para-hydroxylation sites is 1. The molecule has 1 heterocycles. The lowest BCUT2D eigenvalue weighted by atomic mass is 10.2. The highest BCUT2D eigenvalue weighted by Crippen LogP contribution is 2.20. The molecule has 0 saturated carbocycles. The summed E-state index contributed by atoms with van der Waals surface area (Å²) in [5.74, 6) is 0.0584. The average molecular weight is 190 g/mol. The number of carboxylic acid groups (broad SMARTS) is 1. The summed E-state index contributed by atoms with van der Waals surface area (Å²) in [6.45, 7) is 0. The third-order valence-electron chi connectivity index (χ3n) is 1.69. The van der Waals surface area contributed by atoms with Gasteiger partial charge in [-0.1, -0.05) is 12.1 Å². The molecule has 0 amide bonds. The van der Waals surface area contributed by atoms with Gasteiger partial charge in [-0.3, -0.25) is 0 Å². The maximum atomic E-state index is 10.3. The zero-order chi connectivity index (χ0) is 9.97. The number of benzene rings is 1. The van der Waals surface area contributed by atoms with E-state index >= 15 is 0 Å². The van der Waals surface area contributed by atoms with Crippen LogP contribution in [0.2, 0.25) is 0 Å². The summed E-state index contributed by atoms with van der Waals surface area (Å²) in [5.41, 5.74) is 0.652. The normalized spacial score (nSPS) is 10.0. The Hall–Kier alpha value is -2.17. The van der Waals surface area contributed by atoms with Crippen LogP contribution in [0.4, 0.5) is 4.79 Å². The molecule has 70 valence electrons. The molecular formula is C9H6N2O3. The molecule has 1 aromatic heterocycles. The fourth-order valence-corrected chi connectivity index (χ4v) is 1.14. The fourth-order valence-electron chi connectivity index (χ4n) is 1.14. The number of nitrogens with zero attached hydrogens (tertiary/aromatic N) is 2. The van der Waals surface area contributed by atoms with Crippen LogP contribution in [-0.4, -0.2) is 21.2 Å². The van der Waals surface area contributed by atoms with Gasteiger partial charge in [0.2, 0.25) is 5.88 Å². The summed E-state index contributed by atoms with van der Waals surface area (Å²) < 4.78 is 4.49. The lowest BCUT2D eigenvalue weighted by Gasteiger charge is -2.01. The number of carbonyl (C=O) groups is 1. The minimum absolute atomic E-state index is 0.0584.